The molecule has 0 radical (unpaired) electrons. The summed E-state index contributed by atoms with van der Waals surface area (Å²) in [5, 5.41) is 13.2. The highest BCUT2D eigenvalue weighted by atomic mass is 16.3. The van der Waals surface area contributed by atoms with Crippen LogP contribution < -0.4 is 16.0 Å². The molecule has 1 fully saturated rings. The van der Waals surface area contributed by atoms with Gasteiger partial charge in [-0.05, 0) is 53.9 Å². The van der Waals surface area contributed by atoms with Gasteiger partial charge in [-0.25, -0.2) is 9.97 Å². The monoisotopic (exact) mass is 439 g/mol. The van der Waals surface area contributed by atoms with Crippen molar-refractivity contribution < 1.29 is 5.11 Å². The molecule has 6 heteroatoms. The van der Waals surface area contributed by atoms with Crippen LogP contribution in [-0.4, -0.2) is 34.7 Å². The predicted molar refractivity (Wildman–Crippen MR) is 131 cm³/mol. The smallest absolute Gasteiger partial charge is 0.152 e. The minimum atomic E-state index is -0.160. The van der Waals surface area contributed by atoms with Crippen LogP contribution in [0.2, 0.25) is 0 Å². The molecular formula is C27H29N5O. The van der Waals surface area contributed by atoms with Crippen molar-refractivity contribution >= 4 is 11.5 Å². The molecule has 2 aromatic carbocycles. The van der Waals surface area contributed by atoms with Gasteiger partial charge in [-0.3, -0.25) is 0 Å². The van der Waals surface area contributed by atoms with Crippen LogP contribution in [-0.2, 0) is 13.0 Å². The summed E-state index contributed by atoms with van der Waals surface area (Å²) in [6, 6.07) is 18.6. The van der Waals surface area contributed by atoms with Gasteiger partial charge in [-0.1, -0.05) is 48.4 Å². The number of aromatic nitrogens is 2. The van der Waals surface area contributed by atoms with Crippen molar-refractivity contribution in [2.45, 2.75) is 31.9 Å². The third-order valence-electron chi connectivity index (χ3n) is 6.99. The second kappa shape index (κ2) is 9.22. The van der Waals surface area contributed by atoms with Gasteiger partial charge in [0.15, 0.2) is 5.82 Å². The Morgan fingerprint density at radius 1 is 1.09 bits per heavy atom. The maximum atomic E-state index is 9.95. The molecule has 1 saturated heterocycles. The minimum absolute atomic E-state index is 0.0846. The number of aliphatic hydroxyl groups is 1. The number of nitrogens with zero attached hydrogens (tertiary/aromatic N) is 3. The summed E-state index contributed by atoms with van der Waals surface area (Å²) < 4.78 is 0. The van der Waals surface area contributed by atoms with Gasteiger partial charge in [0, 0.05) is 24.8 Å². The van der Waals surface area contributed by atoms with E-state index in [0.717, 1.165) is 43.9 Å². The molecular weight excluding hydrogens is 410 g/mol. The van der Waals surface area contributed by atoms with E-state index in [1.54, 1.807) is 6.20 Å². The maximum absolute atomic E-state index is 9.95. The first-order valence-electron chi connectivity index (χ1n) is 11.5. The Labute approximate surface area is 194 Å². The molecule has 33 heavy (non-hydrogen) atoms. The number of aliphatic hydroxyl groups excluding tert-OH is 1. The summed E-state index contributed by atoms with van der Waals surface area (Å²) in [7, 11) is 0. The Balaban J connectivity index is 1.24. The first-order chi connectivity index (χ1) is 16.2. The molecule has 2 aliphatic rings. The summed E-state index contributed by atoms with van der Waals surface area (Å²) in [6.07, 6.45) is 4.75. The third kappa shape index (κ3) is 4.30. The molecule has 0 unspecified atom stereocenters. The molecule has 6 nitrogen and oxygen atoms in total. The van der Waals surface area contributed by atoms with Gasteiger partial charge in [0.2, 0.25) is 0 Å². The van der Waals surface area contributed by atoms with Crippen molar-refractivity contribution in [1.29, 1.82) is 0 Å². The predicted octanol–water partition coefficient (Wildman–Crippen LogP) is 3.28. The fourth-order valence-corrected chi connectivity index (χ4v) is 5.16. The SMILES string of the molecule is N[C@@H]1c2ccccc2CC12CCN(c1ncc(C#CCNc3ccccc3)nc1CO)CC2. The number of nitrogens with one attached hydrogen (secondary N) is 1. The molecule has 2 heterocycles. The van der Waals surface area contributed by atoms with Crippen molar-refractivity contribution in [3.8, 4) is 11.8 Å². The van der Waals surface area contributed by atoms with Crippen LogP contribution >= 0.6 is 0 Å². The molecule has 4 N–H and O–H groups in total. The molecule has 5 rings (SSSR count). The van der Waals surface area contributed by atoms with E-state index in [2.05, 4.69) is 56.3 Å². The number of benzene rings is 2. The van der Waals surface area contributed by atoms with Crippen LogP contribution in [0.25, 0.3) is 0 Å². The number of piperidine rings is 1. The normalized spacial score (nSPS) is 18.5. The molecule has 3 aromatic rings. The average molecular weight is 440 g/mol. The summed E-state index contributed by atoms with van der Waals surface area (Å²) in [5.41, 5.74) is 11.7. The van der Waals surface area contributed by atoms with Gasteiger partial charge in [0.25, 0.3) is 0 Å². The highest BCUT2D eigenvalue weighted by Crippen LogP contribution is 2.50. The van der Waals surface area contributed by atoms with E-state index in [4.69, 9.17) is 5.73 Å². The van der Waals surface area contributed by atoms with Gasteiger partial charge in [-0.2, -0.15) is 0 Å². The molecule has 0 bridgehead atoms. The zero-order valence-electron chi connectivity index (χ0n) is 18.7. The van der Waals surface area contributed by atoms with Crippen molar-refractivity contribution in [2.75, 3.05) is 29.9 Å². The molecule has 0 amide bonds. The molecule has 168 valence electrons. The van der Waals surface area contributed by atoms with Gasteiger partial charge < -0.3 is 21.1 Å². The topological polar surface area (TPSA) is 87.3 Å². The number of fused-ring (bicyclic) bond motifs is 1. The second-order valence-electron chi connectivity index (χ2n) is 8.91. The Morgan fingerprint density at radius 3 is 2.61 bits per heavy atom. The lowest BCUT2D eigenvalue weighted by molar-refractivity contribution is 0.186. The Bertz CT molecular complexity index is 1180. The van der Waals surface area contributed by atoms with E-state index in [1.165, 1.54) is 11.1 Å². The van der Waals surface area contributed by atoms with Crippen molar-refractivity contribution in [2.24, 2.45) is 11.1 Å². The number of hydrogen-bond acceptors (Lipinski definition) is 6. The third-order valence-corrected chi connectivity index (χ3v) is 6.99. The number of rotatable bonds is 4. The standard InChI is InChI=1S/C27H29N5O/c28-25-23-11-5-4-7-20(23)17-27(25)12-15-32(16-13-27)26-24(19-33)31-22(18-30-26)10-6-14-29-21-8-2-1-3-9-21/h1-5,7-9,11,18,25,29,33H,12-17,19,28H2/t25-/m1/s1. The number of hydrogen-bond donors (Lipinski definition) is 3. The van der Waals surface area contributed by atoms with E-state index in [9.17, 15) is 5.11 Å². The van der Waals surface area contributed by atoms with Crippen molar-refractivity contribution in [3.05, 3.63) is 83.3 Å². The van der Waals surface area contributed by atoms with E-state index < -0.39 is 0 Å². The van der Waals surface area contributed by atoms with Crippen LogP contribution in [0.3, 0.4) is 0 Å². The Morgan fingerprint density at radius 2 is 1.85 bits per heavy atom. The largest absolute Gasteiger partial charge is 0.390 e. The summed E-state index contributed by atoms with van der Waals surface area (Å²) in [4.78, 5) is 11.4. The Hall–Kier alpha value is -3.40. The highest BCUT2D eigenvalue weighted by Gasteiger charge is 2.46. The van der Waals surface area contributed by atoms with Crippen LogP contribution in [0.15, 0.2) is 60.8 Å². The van der Waals surface area contributed by atoms with Crippen molar-refractivity contribution in [1.82, 2.24) is 9.97 Å². The number of para-hydroxylation sites is 1. The van der Waals surface area contributed by atoms with E-state index in [0.29, 0.717) is 17.9 Å². The number of nitrogens with two attached hydrogens (primary N) is 1. The van der Waals surface area contributed by atoms with Crippen LogP contribution in [0.4, 0.5) is 11.5 Å². The fourth-order valence-electron chi connectivity index (χ4n) is 5.16. The van der Waals surface area contributed by atoms with Crippen LogP contribution in [0, 0.1) is 17.3 Å². The molecule has 1 atom stereocenters. The van der Waals surface area contributed by atoms with E-state index >= 15 is 0 Å². The van der Waals surface area contributed by atoms with Gasteiger partial charge in [0.1, 0.15) is 11.4 Å². The molecule has 1 spiro atoms. The van der Waals surface area contributed by atoms with Crippen LogP contribution in [0.5, 0.6) is 0 Å². The highest BCUT2D eigenvalue weighted by molar-refractivity contribution is 5.48. The first kappa shape index (κ1) is 21.4. The molecule has 0 saturated carbocycles. The van der Waals surface area contributed by atoms with Crippen LogP contribution in [0.1, 0.15) is 41.4 Å². The molecule has 1 aliphatic carbocycles. The zero-order chi connectivity index (χ0) is 22.7. The summed E-state index contributed by atoms with van der Waals surface area (Å²) in [5.74, 6) is 6.87. The molecule has 1 aromatic heterocycles. The second-order valence-corrected chi connectivity index (χ2v) is 8.91. The molecule has 1 aliphatic heterocycles. The average Bonchev–Trinajstić information content (AvgIpc) is 3.14. The minimum Gasteiger partial charge on any atom is -0.390 e. The first-order valence-corrected chi connectivity index (χ1v) is 11.5. The lowest BCUT2D eigenvalue weighted by Gasteiger charge is -2.42. The quantitative estimate of drug-likeness (QED) is 0.541. The lowest BCUT2D eigenvalue weighted by Crippen LogP contribution is -2.45. The fraction of sp³-hybridized carbons (Fsp3) is 0.333. The van der Waals surface area contributed by atoms with Gasteiger partial charge >= 0.3 is 0 Å². The van der Waals surface area contributed by atoms with E-state index in [1.807, 2.05) is 30.3 Å². The summed E-state index contributed by atoms with van der Waals surface area (Å²) >= 11 is 0. The number of anilines is 2. The zero-order valence-corrected chi connectivity index (χ0v) is 18.7. The lowest BCUT2D eigenvalue weighted by atomic mass is 9.73. The van der Waals surface area contributed by atoms with Gasteiger partial charge in [0.05, 0.1) is 19.3 Å². The maximum Gasteiger partial charge on any atom is 0.152 e. The summed E-state index contributed by atoms with van der Waals surface area (Å²) in [6.45, 7) is 2.07. The van der Waals surface area contributed by atoms with Crippen molar-refractivity contribution in [3.63, 3.8) is 0 Å². The van der Waals surface area contributed by atoms with Gasteiger partial charge in [-0.15, -0.1) is 0 Å². The Kier molecular flexibility index (Phi) is 5.99. The van der Waals surface area contributed by atoms with E-state index in [-0.39, 0.29) is 18.1 Å².